The second kappa shape index (κ2) is 5.34. The van der Waals surface area contributed by atoms with Crippen LogP contribution in [-0.2, 0) is 0 Å². The number of halogens is 3. The number of nitrogens with one attached hydrogen (secondary N) is 1. The molecule has 1 aromatic carbocycles. The van der Waals surface area contributed by atoms with Crippen molar-refractivity contribution in [1.82, 2.24) is 9.78 Å². The van der Waals surface area contributed by atoms with Crippen LogP contribution in [-0.4, -0.2) is 16.2 Å². The first-order valence-corrected chi connectivity index (χ1v) is 6.75. The first-order chi connectivity index (χ1) is 10.1. The lowest BCUT2D eigenvalue weighted by molar-refractivity contribution is 0.0658. The molecule has 2 heterocycles. The van der Waals surface area contributed by atoms with Crippen LogP contribution in [0.2, 0.25) is 5.02 Å². The van der Waals surface area contributed by atoms with Gasteiger partial charge in [-0.2, -0.15) is 10.4 Å². The molecule has 3 rings (SSSR count). The van der Waals surface area contributed by atoms with Gasteiger partial charge < -0.3 is 5.32 Å². The van der Waals surface area contributed by atoms with Crippen molar-refractivity contribution in [3.8, 4) is 6.07 Å². The minimum absolute atomic E-state index is 0.193. The quantitative estimate of drug-likeness (QED) is 0.918. The molecule has 1 aromatic heterocycles. The number of nitrogens with zero attached hydrogens (tertiary/aromatic N) is 3. The maximum atomic E-state index is 13.3. The summed E-state index contributed by atoms with van der Waals surface area (Å²) in [7, 11) is 0. The van der Waals surface area contributed by atoms with E-state index in [9.17, 15) is 8.78 Å². The van der Waals surface area contributed by atoms with Crippen molar-refractivity contribution in [2.45, 2.75) is 24.9 Å². The zero-order valence-corrected chi connectivity index (χ0v) is 11.6. The molecule has 1 N–H and O–H groups in total. The topological polar surface area (TPSA) is 53.6 Å². The molecule has 2 aromatic rings. The highest BCUT2D eigenvalue weighted by molar-refractivity contribution is 6.30. The van der Waals surface area contributed by atoms with Crippen molar-refractivity contribution in [3.05, 3.63) is 46.6 Å². The molecule has 1 aliphatic rings. The fraction of sp³-hybridized carbons (Fsp3) is 0.286. The van der Waals surface area contributed by atoms with E-state index in [1.54, 1.807) is 24.3 Å². The van der Waals surface area contributed by atoms with Crippen molar-refractivity contribution in [1.29, 1.82) is 5.26 Å². The van der Waals surface area contributed by atoms with E-state index < -0.39 is 12.5 Å². The molecule has 1 aliphatic heterocycles. The van der Waals surface area contributed by atoms with Gasteiger partial charge in [0, 0.05) is 5.02 Å². The van der Waals surface area contributed by atoms with E-state index in [0.717, 1.165) is 5.56 Å². The third-order valence-corrected chi connectivity index (χ3v) is 3.83. The van der Waals surface area contributed by atoms with Gasteiger partial charge in [-0.1, -0.05) is 23.7 Å². The molecule has 0 spiro atoms. The lowest BCUT2D eigenvalue weighted by Crippen LogP contribution is -2.31. The van der Waals surface area contributed by atoms with E-state index in [1.165, 1.54) is 10.9 Å². The second-order valence-electron chi connectivity index (χ2n) is 4.85. The van der Waals surface area contributed by atoms with E-state index in [0.29, 0.717) is 10.8 Å². The largest absolute Gasteiger partial charge is 0.362 e. The van der Waals surface area contributed by atoms with Crippen molar-refractivity contribution in [2.75, 3.05) is 5.32 Å². The summed E-state index contributed by atoms with van der Waals surface area (Å²) in [4.78, 5) is 0. The number of hydrogen-bond acceptors (Lipinski definition) is 3. The third-order valence-electron chi connectivity index (χ3n) is 3.58. The first kappa shape index (κ1) is 13.8. The summed E-state index contributed by atoms with van der Waals surface area (Å²) in [5.74, 6) is 0.342. The highest BCUT2D eigenvalue weighted by atomic mass is 35.5. The summed E-state index contributed by atoms with van der Waals surface area (Å²) in [6.07, 6.45) is -1.05. The average Bonchev–Trinajstić information content (AvgIpc) is 2.89. The average molecular weight is 309 g/mol. The number of fused-ring (bicyclic) bond motifs is 1. The standard InChI is InChI=1S/C14H11ClF2N4/c15-10-3-1-8(2-4-10)11-5-12(13(16)17)21-14(20-11)9(6-18)7-19-21/h1-4,7,11-13,20H,5H2/t11-,12-/m0/s1. The maximum absolute atomic E-state index is 13.3. The van der Waals surface area contributed by atoms with Gasteiger partial charge in [-0.05, 0) is 24.1 Å². The Hall–Kier alpha value is -2.13. The predicted octanol–water partition coefficient (Wildman–Crippen LogP) is 3.77. The fourth-order valence-corrected chi connectivity index (χ4v) is 2.65. The highest BCUT2D eigenvalue weighted by Crippen LogP contribution is 2.39. The molecule has 7 heteroatoms. The van der Waals surface area contributed by atoms with Crippen LogP contribution in [0.5, 0.6) is 0 Å². The molecule has 2 atom stereocenters. The zero-order chi connectivity index (χ0) is 15.0. The summed E-state index contributed by atoms with van der Waals surface area (Å²) in [6, 6.07) is 7.62. The Bertz CT molecular complexity index is 690. The number of anilines is 1. The van der Waals surface area contributed by atoms with Gasteiger partial charge in [-0.25, -0.2) is 13.5 Å². The smallest absolute Gasteiger partial charge is 0.260 e. The molecular weight excluding hydrogens is 298 g/mol. The van der Waals surface area contributed by atoms with E-state index >= 15 is 0 Å². The Morgan fingerprint density at radius 2 is 2.10 bits per heavy atom. The number of rotatable bonds is 2. The monoisotopic (exact) mass is 308 g/mol. The fourth-order valence-electron chi connectivity index (χ4n) is 2.53. The molecular formula is C14H11ClF2N4. The number of alkyl halides is 2. The van der Waals surface area contributed by atoms with Crippen molar-refractivity contribution >= 4 is 17.4 Å². The molecule has 0 saturated heterocycles. The molecule has 108 valence electrons. The number of hydrogen-bond donors (Lipinski definition) is 1. The highest BCUT2D eigenvalue weighted by Gasteiger charge is 2.35. The van der Waals surface area contributed by atoms with E-state index in [2.05, 4.69) is 10.4 Å². The van der Waals surface area contributed by atoms with Crippen molar-refractivity contribution in [3.63, 3.8) is 0 Å². The van der Waals surface area contributed by atoms with Crippen LogP contribution in [0.25, 0.3) is 0 Å². The van der Waals surface area contributed by atoms with Crippen LogP contribution < -0.4 is 5.32 Å². The number of nitriles is 1. The summed E-state index contributed by atoms with van der Waals surface area (Å²) in [5, 5.41) is 16.7. The Labute approximate surface area is 124 Å². The zero-order valence-electron chi connectivity index (χ0n) is 10.8. The van der Waals surface area contributed by atoms with Gasteiger partial charge in [0.05, 0.1) is 12.2 Å². The minimum atomic E-state index is -2.55. The van der Waals surface area contributed by atoms with Crippen LogP contribution in [0.4, 0.5) is 14.6 Å². The molecule has 0 radical (unpaired) electrons. The summed E-state index contributed by atoms with van der Waals surface area (Å²) < 4.78 is 27.7. The van der Waals surface area contributed by atoms with Gasteiger partial charge in [-0.15, -0.1) is 0 Å². The minimum Gasteiger partial charge on any atom is -0.362 e. The Morgan fingerprint density at radius 3 is 2.71 bits per heavy atom. The van der Waals surface area contributed by atoms with Crippen molar-refractivity contribution < 1.29 is 8.78 Å². The number of benzene rings is 1. The van der Waals surface area contributed by atoms with Gasteiger partial charge in [0.15, 0.2) is 0 Å². The van der Waals surface area contributed by atoms with Crippen molar-refractivity contribution in [2.24, 2.45) is 0 Å². The van der Waals surface area contributed by atoms with Gasteiger partial charge in [0.1, 0.15) is 23.5 Å². The van der Waals surface area contributed by atoms with Crippen LogP contribution >= 0.6 is 11.6 Å². The maximum Gasteiger partial charge on any atom is 0.260 e. The summed E-state index contributed by atoms with van der Waals surface area (Å²) >= 11 is 5.84. The van der Waals surface area contributed by atoms with E-state index in [-0.39, 0.29) is 18.0 Å². The van der Waals surface area contributed by atoms with Crippen LogP contribution in [0, 0.1) is 11.3 Å². The van der Waals surface area contributed by atoms with E-state index in [4.69, 9.17) is 16.9 Å². The molecule has 0 bridgehead atoms. The normalized spacial score (nSPS) is 20.7. The van der Waals surface area contributed by atoms with Gasteiger partial charge in [-0.3, -0.25) is 0 Å². The summed E-state index contributed by atoms with van der Waals surface area (Å²) in [5.41, 5.74) is 1.11. The predicted molar refractivity (Wildman–Crippen MR) is 74.4 cm³/mol. The second-order valence-corrected chi connectivity index (χ2v) is 5.29. The molecule has 0 amide bonds. The lowest BCUT2D eigenvalue weighted by Gasteiger charge is -2.32. The Kier molecular flexibility index (Phi) is 3.52. The van der Waals surface area contributed by atoms with Crippen LogP contribution in [0.3, 0.4) is 0 Å². The molecule has 0 fully saturated rings. The Balaban J connectivity index is 2.00. The SMILES string of the molecule is N#Cc1cnn2c1N[C@H](c1ccc(Cl)cc1)C[C@H]2C(F)F. The van der Waals surface area contributed by atoms with Crippen LogP contribution in [0.1, 0.15) is 29.6 Å². The molecule has 0 aliphatic carbocycles. The Morgan fingerprint density at radius 1 is 1.38 bits per heavy atom. The summed E-state index contributed by atoms with van der Waals surface area (Å²) in [6.45, 7) is 0. The third kappa shape index (κ3) is 2.45. The van der Waals surface area contributed by atoms with E-state index in [1.807, 2.05) is 6.07 Å². The number of aromatic nitrogens is 2. The van der Waals surface area contributed by atoms with Gasteiger partial charge in [0.25, 0.3) is 6.43 Å². The lowest BCUT2D eigenvalue weighted by atomic mass is 9.97. The van der Waals surface area contributed by atoms with Crippen LogP contribution in [0.15, 0.2) is 30.5 Å². The molecule has 0 saturated carbocycles. The molecule has 0 unspecified atom stereocenters. The van der Waals surface area contributed by atoms with Gasteiger partial charge >= 0.3 is 0 Å². The first-order valence-electron chi connectivity index (χ1n) is 6.38. The molecule has 4 nitrogen and oxygen atoms in total. The molecule has 21 heavy (non-hydrogen) atoms. The van der Waals surface area contributed by atoms with Gasteiger partial charge in [0.2, 0.25) is 0 Å².